The molecule has 0 saturated carbocycles. The normalized spacial score (nSPS) is 17.5. The lowest BCUT2D eigenvalue weighted by Crippen LogP contribution is -2.35. The van der Waals surface area contributed by atoms with Gasteiger partial charge < -0.3 is 9.52 Å². The Bertz CT molecular complexity index is 936. The van der Waals surface area contributed by atoms with Gasteiger partial charge in [-0.2, -0.15) is 0 Å². The van der Waals surface area contributed by atoms with Crippen molar-refractivity contribution in [2.45, 2.75) is 25.8 Å². The molecule has 0 radical (unpaired) electrons. The van der Waals surface area contributed by atoms with Gasteiger partial charge in [0.15, 0.2) is 0 Å². The number of aromatic carboxylic acids is 1. The molecule has 0 aliphatic carbocycles. The summed E-state index contributed by atoms with van der Waals surface area (Å²) >= 11 is 0. The average Bonchev–Trinajstić information content (AvgIpc) is 3.17. The first-order valence-electron chi connectivity index (χ1n) is 9.71. The highest BCUT2D eigenvalue weighted by atomic mass is 16.4. The number of hydrogen-bond acceptors (Lipinski definition) is 4. The maximum absolute atomic E-state index is 11.5. The minimum Gasteiger partial charge on any atom is -0.478 e. The van der Waals surface area contributed by atoms with Crippen molar-refractivity contribution in [3.63, 3.8) is 0 Å². The number of piperidine rings is 1. The minimum atomic E-state index is -0.942. The van der Waals surface area contributed by atoms with E-state index in [1.807, 2.05) is 36.7 Å². The van der Waals surface area contributed by atoms with Gasteiger partial charge in [-0.15, -0.1) is 0 Å². The van der Waals surface area contributed by atoms with Gasteiger partial charge in [-0.05, 0) is 61.6 Å². The molecule has 1 atom stereocenters. The summed E-state index contributed by atoms with van der Waals surface area (Å²) in [4.78, 5) is 18.1. The van der Waals surface area contributed by atoms with E-state index in [4.69, 9.17) is 4.42 Å². The van der Waals surface area contributed by atoms with Crippen LogP contribution < -0.4 is 0 Å². The third-order valence-electron chi connectivity index (χ3n) is 5.31. The van der Waals surface area contributed by atoms with E-state index >= 15 is 0 Å². The third-order valence-corrected chi connectivity index (χ3v) is 5.31. The zero-order chi connectivity index (χ0) is 19.3. The molecular formula is C23H24N2O3. The molecule has 1 aromatic carbocycles. The molecule has 0 amide bonds. The standard InChI is InChI=1S/C23H24N2O3/c26-23(27)21-8-2-1-7-20(21)22-10-9-19(28-22)16-25-12-4-6-18(15-25)13-17-5-3-11-24-14-17/h1-3,5,7-11,14,18H,4,6,12-13,15-16H2,(H,26,27)/t18-/m0/s1. The van der Waals surface area contributed by atoms with Gasteiger partial charge >= 0.3 is 5.97 Å². The lowest BCUT2D eigenvalue weighted by molar-refractivity contribution is 0.0697. The van der Waals surface area contributed by atoms with Crippen LogP contribution >= 0.6 is 0 Å². The molecule has 4 rings (SSSR count). The Balaban J connectivity index is 1.42. The molecule has 0 spiro atoms. The molecule has 1 aliphatic rings. The molecule has 2 aromatic heterocycles. The molecule has 1 N–H and O–H groups in total. The number of carboxylic acid groups (broad SMARTS) is 1. The largest absolute Gasteiger partial charge is 0.478 e. The fourth-order valence-electron chi connectivity index (χ4n) is 4.03. The molecule has 1 aliphatic heterocycles. The maximum Gasteiger partial charge on any atom is 0.336 e. The first kappa shape index (κ1) is 18.4. The molecule has 5 nitrogen and oxygen atoms in total. The number of pyridine rings is 1. The number of hydrogen-bond donors (Lipinski definition) is 1. The second-order valence-corrected chi connectivity index (χ2v) is 7.43. The monoisotopic (exact) mass is 376 g/mol. The van der Waals surface area contributed by atoms with Crippen LogP contribution in [0.3, 0.4) is 0 Å². The second-order valence-electron chi connectivity index (χ2n) is 7.43. The van der Waals surface area contributed by atoms with Crippen molar-refractivity contribution in [3.8, 4) is 11.3 Å². The summed E-state index contributed by atoms with van der Waals surface area (Å²) < 4.78 is 6.00. The Labute approximate surface area is 164 Å². The predicted octanol–water partition coefficient (Wildman–Crippen LogP) is 4.49. The number of benzene rings is 1. The lowest BCUT2D eigenvalue weighted by Gasteiger charge is -2.32. The topological polar surface area (TPSA) is 66.6 Å². The predicted molar refractivity (Wildman–Crippen MR) is 107 cm³/mol. The second kappa shape index (κ2) is 8.40. The van der Waals surface area contributed by atoms with Crippen molar-refractivity contribution in [2.24, 2.45) is 5.92 Å². The molecule has 5 heteroatoms. The van der Waals surface area contributed by atoms with Gasteiger partial charge in [0.2, 0.25) is 0 Å². The lowest BCUT2D eigenvalue weighted by atomic mass is 9.92. The molecular weight excluding hydrogens is 352 g/mol. The van der Waals surface area contributed by atoms with Gasteiger partial charge in [-0.3, -0.25) is 9.88 Å². The molecule has 0 bridgehead atoms. The molecule has 1 saturated heterocycles. The van der Waals surface area contributed by atoms with Crippen LogP contribution in [0.1, 0.15) is 34.5 Å². The van der Waals surface area contributed by atoms with Gasteiger partial charge in [0.1, 0.15) is 11.5 Å². The van der Waals surface area contributed by atoms with Gasteiger partial charge in [0.05, 0.1) is 12.1 Å². The Morgan fingerprint density at radius 3 is 2.89 bits per heavy atom. The molecule has 1 fully saturated rings. The van der Waals surface area contributed by atoms with Gasteiger partial charge in [0, 0.05) is 24.5 Å². The van der Waals surface area contributed by atoms with Crippen molar-refractivity contribution in [2.75, 3.05) is 13.1 Å². The van der Waals surface area contributed by atoms with Crippen molar-refractivity contribution in [1.29, 1.82) is 0 Å². The van der Waals surface area contributed by atoms with Crippen LogP contribution in [0.2, 0.25) is 0 Å². The van der Waals surface area contributed by atoms with E-state index in [0.717, 1.165) is 31.8 Å². The van der Waals surface area contributed by atoms with Crippen molar-refractivity contribution < 1.29 is 14.3 Å². The number of furan rings is 1. The van der Waals surface area contributed by atoms with E-state index in [9.17, 15) is 9.90 Å². The Morgan fingerprint density at radius 1 is 1.18 bits per heavy atom. The summed E-state index contributed by atoms with van der Waals surface area (Å²) in [5.74, 6) is 1.16. The SMILES string of the molecule is O=C(O)c1ccccc1-c1ccc(CN2CCC[C@@H](Cc3cccnc3)C2)o1. The zero-order valence-electron chi connectivity index (χ0n) is 15.8. The number of aromatic nitrogens is 1. The summed E-state index contributed by atoms with van der Waals surface area (Å²) in [6, 6.07) is 14.9. The maximum atomic E-state index is 11.5. The molecule has 144 valence electrons. The van der Waals surface area contributed by atoms with Crippen molar-refractivity contribution in [1.82, 2.24) is 9.88 Å². The summed E-state index contributed by atoms with van der Waals surface area (Å²) in [5.41, 5.74) is 2.17. The van der Waals surface area contributed by atoms with E-state index < -0.39 is 5.97 Å². The highest BCUT2D eigenvalue weighted by Gasteiger charge is 2.22. The fourth-order valence-corrected chi connectivity index (χ4v) is 4.03. The van der Waals surface area contributed by atoms with Crippen LogP contribution in [-0.4, -0.2) is 34.0 Å². The van der Waals surface area contributed by atoms with Crippen LogP contribution in [0.4, 0.5) is 0 Å². The minimum absolute atomic E-state index is 0.262. The van der Waals surface area contributed by atoms with E-state index in [1.165, 1.54) is 18.4 Å². The highest BCUT2D eigenvalue weighted by Crippen LogP contribution is 2.28. The van der Waals surface area contributed by atoms with E-state index in [-0.39, 0.29) is 5.56 Å². The summed E-state index contributed by atoms with van der Waals surface area (Å²) in [6.07, 6.45) is 7.24. The van der Waals surface area contributed by atoms with Crippen LogP contribution in [0.5, 0.6) is 0 Å². The van der Waals surface area contributed by atoms with Crippen molar-refractivity contribution >= 4 is 5.97 Å². The molecule has 28 heavy (non-hydrogen) atoms. The first-order valence-corrected chi connectivity index (χ1v) is 9.71. The van der Waals surface area contributed by atoms with Gasteiger partial charge in [-0.25, -0.2) is 4.79 Å². The smallest absolute Gasteiger partial charge is 0.336 e. The summed E-state index contributed by atoms with van der Waals surface area (Å²) in [6.45, 7) is 2.85. The van der Waals surface area contributed by atoms with E-state index in [1.54, 1.807) is 18.2 Å². The van der Waals surface area contributed by atoms with Gasteiger partial charge in [-0.1, -0.05) is 24.3 Å². The third kappa shape index (κ3) is 4.31. The molecule has 0 unspecified atom stereocenters. The zero-order valence-corrected chi connectivity index (χ0v) is 15.8. The summed E-state index contributed by atoms with van der Waals surface area (Å²) in [7, 11) is 0. The number of carbonyl (C=O) groups is 1. The summed E-state index contributed by atoms with van der Waals surface area (Å²) in [5, 5.41) is 9.39. The first-order chi connectivity index (χ1) is 13.7. The van der Waals surface area contributed by atoms with E-state index in [2.05, 4.69) is 16.0 Å². The fraction of sp³-hybridized carbons (Fsp3) is 0.304. The van der Waals surface area contributed by atoms with Gasteiger partial charge in [0.25, 0.3) is 0 Å². The Morgan fingerprint density at radius 2 is 2.07 bits per heavy atom. The van der Waals surface area contributed by atoms with Crippen molar-refractivity contribution in [3.05, 3.63) is 77.8 Å². The average molecular weight is 376 g/mol. The van der Waals surface area contributed by atoms with Crippen LogP contribution in [0, 0.1) is 5.92 Å². The Hall–Kier alpha value is -2.92. The number of nitrogens with zero attached hydrogens (tertiary/aromatic N) is 2. The quantitative estimate of drug-likeness (QED) is 0.686. The van der Waals surface area contributed by atoms with Crippen LogP contribution in [-0.2, 0) is 13.0 Å². The highest BCUT2D eigenvalue weighted by molar-refractivity contribution is 5.95. The number of likely N-dealkylation sites (tertiary alicyclic amines) is 1. The Kier molecular flexibility index (Phi) is 5.53. The number of carboxylic acids is 1. The number of rotatable bonds is 6. The van der Waals surface area contributed by atoms with Crippen LogP contribution in [0.25, 0.3) is 11.3 Å². The molecule has 3 aromatic rings. The van der Waals surface area contributed by atoms with Crippen LogP contribution in [0.15, 0.2) is 65.3 Å². The van der Waals surface area contributed by atoms with E-state index in [0.29, 0.717) is 17.2 Å². The molecule has 3 heterocycles.